The van der Waals surface area contributed by atoms with Crippen LogP contribution in [0.1, 0.15) is 26.2 Å². The van der Waals surface area contributed by atoms with Crippen molar-refractivity contribution in [3.8, 4) is 0 Å². The standard InChI is InChI=1S/C8H12O/c1-2-7-4-3-5-8(9)6-7/h3,5,7H,2,4,6H2,1H3. The van der Waals surface area contributed by atoms with Gasteiger partial charge in [-0.2, -0.15) is 0 Å². The Balaban J connectivity index is 2.47. The fraction of sp³-hybridized carbons (Fsp3) is 0.625. The third-order valence-corrected chi connectivity index (χ3v) is 1.84. The Kier molecular flexibility index (Phi) is 2.04. The summed E-state index contributed by atoms with van der Waals surface area (Å²) < 4.78 is 0. The molecule has 1 aliphatic carbocycles. The number of hydrogen-bond acceptors (Lipinski definition) is 1. The number of rotatable bonds is 1. The average Bonchev–Trinajstić information content (AvgIpc) is 1.88. The molecule has 0 aromatic heterocycles. The third-order valence-electron chi connectivity index (χ3n) is 1.84. The van der Waals surface area contributed by atoms with Crippen molar-refractivity contribution in [2.75, 3.05) is 0 Å². The maximum atomic E-state index is 10.7. The lowest BCUT2D eigenvalue weighted by Crippen LogP contribution is -2.08. The van der Waals surface area contributed by atoms with Gasteiger partial charge in [-0.3, -0.25) is 4.79 Å². The van der Waals surface area contributed by atoms with E-state index >= 15 is 0 Å². The van der Waals surface area contributed by atoms with Gasteiger partial charge in [0, 0.05) is 6.42 Å². The van der Waals surface area contributed by atoms with Crippen LogP contribution in [0, 0.1) is 5.92 Å². The number of ketones is 1. The monoisotopic (exact) mass is 124 g/mol. The summed E-state index contributed by atoms with van der Waals surface area (Å²) in [5, 5.41) is 0. The van der Waals surface area contributed by atoms with E-state index in [4.69, 9.17) is 0 Å². The van der Waals surface area contributed by atoms with Crippen LogP contribution in [0.2, 0.25) is 0 Å². The van der Waals surface area contributed by atoms with E-state index in [1.165, 1.54) is 0 Å². The fourth-order valence-electron chi connectivity index (χ4n) is 1.14. The highest BCUT2D eigenvalue weighted by Crippen LogP contribution is 2.18. The minimum absolute atomic E-state index is 0.299. The Hall–Kier alpha value is -0.590. The van der Waals surface area contributed by atoms with Gasteiger partial charge in [-0.1, -0.05) is 19.4 Å². The maximum Gasteiger partial charge on any atom is 0.155 e. The predicted octanol–water partition coefficient (Wildman–Crippen LogP) is 1.93. The summed E-state index contributed by atoms with van der Waals surface area (Å²) in [5.41, 5.74) is 0. The molecule has 1 unspecified atom stereocenters. The van der Waals surface area contributed by atoms with Crippen LogP contribution < -0.4 is 0 Å². The quantitative estimate of drug-likeness (QED) is 0.522. The molecule has 1 nitrogen and oxygen atoms in total. The van der Waals surface area contributed by atoms with Crippen molar-refractivity contribution < 1.29 is 4.79 Å². The molecule has 0 radical (unpaired) electrons. The zero-order chi connectivity index (χ0) is 6.69. The van der Waals surface area contributed by atoms with Crippen molar-refractivity contribution in [1.82, 2.24) is 0 Å². The topological polar surface area (TPSA) is 17.1 Å². The highest BCUT2D eigenvalue weighted by Gasteiger charge is 2.11. The van der Waals surface area contributed by atoms with Gasteiger partial charge in [0.25, 0.3) is 0 Å². The molecular formula is C8H12O. The molecule has 0 aromatic carbocycles. The first-order valence-corrected chi connectivity index (χ1v) is 3.52. The smallest absolute Gasteiger partial charge is 0.155 e. The van der Waals surface area contributed by atoms with E-state index in [9.17, 15) is 4.79 Å². The van der Waals surface area contributed by atoms with Crippen LogP contribution in [0.25, 0.3) is 0 Å². The van der Waals surface area contributed by atoms with Gasteiger partial charge in [0.2, 0.25) is 0 Å². The maximum absolute atomic E-state index is 10.7. The molecule has 0 fully saturated rings. The van der Waals surface area contributed by atoms with Crippen LogP contribution in [0.15, 0.2) is 12.2 Å². The summed E-state index contributed by atoms with van der Waals surface area (Å²) in [6, 6.07) is 0. The second-order valence-electron chi connectivity index (χ2n) is 2.58. The highest BCUT2D eigenvalue weighted by atomic mass is 16.1. The van der Waals surface area contributed by atoms with Gasteiger partial charge >= 0.3 is 0 Å². The van der Waals surface area contributed by atoms with Crippen molar-refractivity contribution >= 4 is 5.78 Å². The Morgan fingerprint density at radius 3 is 3.00 bits per heavy atom. The Bertz CT molecular complexity index is 136. The first-order chi connectivity index (χ1) is 4.33. The molecule has 0 aliphatic heterocycles. The van der Waals surface area contributed by atoms with E-state index in [0.29, 0.717) is 11.7 Å². The van der Waals surface area contributed by atoms with Gasteiger partial charge < -0.3 is 0 Å². The summed E-state index contributed by atoms with van der Waals surface area (Å²) in [7, 11) is 0. The fourth-order valence-corrected chi connectivity index (χ4v) is 1.14. The van der Waals surface area contributed by atoms with Crippen molar-refractivity contribution in [3.63, 3.8) is 0 Å². The lowest BCUT2D eigenvalue weighted by atomic mass is 9.92. The van der Waals surface area contributed by atoms with Crippen LogP contribution in [-0.2, 0) is 4.79 Å². The molecule has 1 rings (SSSR count). The molecule has 0 saturated heterocycles. The SMILES string of the molecule is CCC1CC=CC(=O)C1. The predicted molar refractivity (Wildman–Crippen MR) is 37.2 cm³/mol. The zero-order valence-corrected chi connectivity index (χ0v) is 5.76. The van der Waals surface area contributed by atoms with Crippen molar-refractivity contribution in [2.24, 2.45) is 5.92 Å². The van der Waals surface area contributed by atoms with Gasteiger partial charge in [-0.15, -0.1) is 0 Å². The first kappa shape index (κ1) is 6.53. The largest absolute Gasteiger partial charge is 0.295 e. The molecule has 0 heterocycles. The Morgan fingerprint density at radius 2 is 2.56 bits per heavy atom. The molecule has 1 aliphatic rings. The van der Waals surface area contributed by atoms with E-state index in [-0.39, 0.29) is 0 Å². The number of allylic oxidation sites excluding steroid dienone is 2. The minimum Gasteiger partial charge on any atom is -0.295 e. The summed E-state index contributed by atoms with van der Waals surface area (Å²) in [6.07, 6.45) is 6.69. The van der Waals surface area contributed by atoms with Crippen molar-refractivity contribution in [1.29, 1.82) is 0 Å². The number of carbonyl (C=O) groups excluding carboxylic acids is 1. The molecule has 0 bridgehead atoms. The van der Waals surface area contributed by atoms with E-state index in [1.54, 1.807) is 6.08 Å². The molecular weight excluding hydrogens is 112 g/mol. The lowest BCUT2D eigenvalue weighted by molar-refractivity contribution is -0.115. The van der Waals surface area contributed by atoms with Crippen LogP contribution in [0.5, 0.6) is 0 Å². The molecule has 0 N–H and O–H groups in total. The molecule has 9 heavy (non-hydrogen) atoms. The van der Waals surface area contributed by atoms with E-state index in [2.05, 4.69) is 6.92 Å². The van der Waals surface area contributed by atoms with E-state index < -0.39 is 0 Å². The van der Waals surface area contributed by atoms with Crippen molar-refractivity contribution in [2.45, 2.75) is 26.2 Å². The first-order valence-electron chi connectivity index (χ1n) is 3.52. The normalized spacial score (nSPS) is 26.8. The van der Waals surface area contributed by atoms with Crippen LogP contribution in [-0.4, -0.2) is 5.78 Å². The summed E-state index contributed by atoms with van der Waals surface area (Å²) in [6.45, 7) is 2.14. The van der Waals surface area contributed by atoms with Gasteiger partial charge in [0.1, 0.15) is 0 Å². The highest BCUT2D eigenvalue weighted by molar-refractivity contribution is 5.90. The minimum atomic E-state index is 0.299. The summed E-state index contributed by atoms with van der Waals surface area (Å²) in [5.74, 6) is 0.926. The van der Waals surface area contributed by atoms with E-state index in [0.717, 1.165) is 19.3 Å². The third kappa shape index (κ3) is 1.67. The molecule has 0 amide bonds. The Labute approximate surface area is 55.8 Å². The molecule has 0 saturated carbocycles. The molecule has 0 aromatic rings. The Morgan fingerprint density at radius 1 is 1.78 bits per heavy atom. The van der Waals surface area contributed by atoms with Crippen molar-refractivity contribution in [3.05, 3.63) is 12.2 Å². The van der Waals surface area contributed by atoms with Gasteiger partial charge in [-0.25, -0.2) is 0 Å². The van der Waals surface area contributed by atoms with Crippen LogP contribution in [0.4, 0.5) is 0 Å². The molecule has 0 spiro atoms. The molecule has 1 atom stereocenters. The second-order valence-corrected chi connectivity index (χ2v) is 2.58. The van der Waals surface area contributed by atoms with E-state index in [1.807, 2.05) is 6.08 Å². The molecule has 1 heteroatoms. The van der Waals surface area contributed by atoms with Crippen LogP contribution in [0.3, 0.4) is 0 Å². The van der Waals surface area contributed by atoms with Gasteiger partial charge in [-0.05, 0) is 18.4 Å². The van der Waals surface area contributed by atoms with Gasteiger partial charge in [0.15, 0.2) is 5.78 Å². The summed E-state index contributed by atoms with van der Waals surface area (Å²) in [4.78, 5) is 10.7. The van der Waals surface area contributed by atoms with Gasteiger partial charge in [0.05, 0.1) is 0 Å². The van der Waals surface area contributed by atoms with Crippen LogP contribution >= 0.6 is 0 Å². The number of carbonyl (C=O) groups is 1. The summed E-state index contributed by atoms with van der Waals surface area (Å²) >= 11 is 0. The average molecular weight is 124 g/mol. The molecule has 50 valence electrons. The lowest BCUT2D eigenvalue weighted by Gasteiger charge is -2.13. The number of hydrogen-bond donors (Lipinski definition) is 0. The zero-order valence-electron chi connectivity index (χ0n) is 5.76. The second kappa shape index (κ2) is 2.81.